The van der Waals surface area contributed by atoms with Crippen molar-refractivity contribution in [2.45, 2.75) is 33.7 Å². The Morgan fingerprint density at radius 1 is 1.47 bits per heavy atom. The first-order valence-corrected chi connectivity index (χ1v) is 6.80. The number of nitrogens with one attached hydrogen (secondary N) is 1. The first kappa shape index (κ1) is 13.8. The Bertz CT molecular complexity index is 465. The van der Waals surface area contributed by atoms with E-state index in [2.05, 4.69) is 31.1 Å². The van der Waals surface area contributed by atoms with Crippen LogP contribution < -0.4 is 5.32 Å². The van der Waals surface area contributed by atoms with E-state index in [4.69, 9.17) is 0 Å². The van der Waals surface area contributed by atoms with Gasteiger partial charge < -0.3 is 10.2 Å². The molecule has 1 aromatic heterocycles. The minimum atomic E-state index is 0.193. The van der Waals surface area contributed by atoms with Crippen molar-refractivity contribution in [2.75, 3.05) is 18.9 Å². The molecule has 1 aliphatic heterocycles. The molecule has 0 aliphatic carbocycles. The van der Waals surface area contributed by atoms with Gasteiger partial charge in [0.1, 0.15) is 5.82 Å². The number of amides is 1. The zero-order valence-electron chi connectivity index (χ0n) is 12.2. The van der Waals surface area contributed by atoms with E-state index < -0.39 is 0 Å². The van der Waals surface area contributed by atoms with Crippen LogP contribution in [0.4, 0.5) is 5.82 Å². The number of likely N-dealkylation sites (tertiary alicyclic amines) is 1. The van der Waals surface area contributed by atoms with Gasteiger partial charge in [-0.2, -0.15) is 0 Å². The normalized spacial score (nSPS) is 19.9. The van der Waals surface area contributed by atoms with Crippen LogP contribution in [-0.4, -0.2) is 29.4 Å². The van der Waals surface area contributed by atoms with Crippen LogP contribution in [0.2, 0.25) is 0 Å². The van der Waals surface area contributed by atoms with Crippen molar-refractivity contribution < 1.29 is 4.79 Å². The number of rotatable bonds is 3. The van der Waals surface area contributed by atoms with Crippen molar-refractivity contribution in [1.82, 2.24) is 9.88 Å². The third-order valence-electron chi connectivity index (χ3n) is 3.89. The van der Waals surface area contributed by atoms with Crippen molar-refractivity contribution in [3.05, 3.63) is 23.9 Å². The van der Waals surface area contributed by atoms with Crippen molar-refractivity contribution in [1.29, 1.82) is 0 Å². The van der Waals surface area contributed by atoms with Crippen molar-refractivity contribution >= 4 is 11.7 Å². The number of aromatic nitrogens is 1. The summed E-state index contributed by atoms with van der Waals surface area (Å²) in [6.07, 6.45) is 2.45. The zero-order chi connectivity index (χ0) is 14.0. The molecule has 1 atom stereocenters. The molecule has 104 valence electrons. The van der Waals surface area contributed by atoms with Gasteiger partial charge in [0.25, 0.3) is 0 Å². The summed E-state index contributed by atoms with van der Waals surface area (Å²) in [7, 11) is 1.85. The topological polar surface area (TPSA) is 45.2 Å². The van der Waals surface area contributed by atoms with E-state index in [1.54, 1.807) is 6.20 Å². The molecular formula is C15H23N3O. The summed E-state index contributed by atoms with van der Waals surface area (Å²) in [5.41, 5.74) is 1.32. The number of carbonyl (C=O) groups excluding carboxylic acids is 1. The third-order valence-corrected chi connectivity index (χ3v) is 3.89. The SMILES string of the molecule is CNc1cc(CN2CC(C(C)(C)C)CC2=O)ccn1. The third kappa shape index (κ3) is 3.25. The Balaban J connectivity index is 2.05. The van der Waals surface area contributed by atoms with E-state index in [1.807, 2.05) is 24.1 Å². The first-order valence-electron chi connectivity index (χ1n) is 6.80. The largest absolute Gasteiger partial charge is 0.373 e. The van der Waals surface area contributed by atoms with Gasteiger partial charge in [-0.25, -0.2) is 4.98 Å². The van der Waals surface area contributed by atoms with E-state index in [9.17, 15) is 4.79 Å². The fourth-order valence-corrected chi connectivity index (χ4v) is 2.43. The lowest BCUT2D eigenvalue weighted by Crippen LogP contribution is -2.27. The van der Waals surface area contributed by atoms with Crippen LogP contribution in [0.25, 0.3) is 0 Å². The Morgan fingerprint density at radius 3 is 2.79 bits per heavy atom. The number of pyridine rings is 1. The Hall–Kier alpha value is -1.58. The molecule has 1 aliphatic rings. The molecule has 1 fully saturated rings. The van der Waals surface area contributed by atoms with Crippen LogP contribution in [0.3, 0.4) is 0 Å². The second-order valence-corrected chi connectivity index (χ2v) is 6.34. The number of nitrogens with zero attached hydrogens (tertiary/aromatic N) is 2. The number of anilines is 1. The molecule has 0 saturated carbocycles. The smallest absolute Gasteiger partial charge is 0.223 e. The molecule has 0 bridgehead atoms. The molecular weight excluding hydrogens is 238 g/mol. The van der Waals surface area contributed by atoms with Gasteiger partial charge in [0, 0.05) is 32.8 Å². The lowest BCUT2D eigenvalue weighted by Gasteiger charge is -2.26. The predicted octanol–water partition coefficient (Wildman–Crippen LogP) is 2.52. The van der Waals surface area contributed by atoms with E-state index in [-0.39, 0.29) is 11.3 Å². The summed E-state index contributed by atoms with van der Waals surface area (Å²) in [5.74, 6) is 1.56. The Kier molecular flexibility index (Phi) is 3.78. The summed E-state index contributed by atoms with van der Waals surface area (Å²) >= 11 is 0. The average Bonchev–Trinajstić information content (AvgIpc) is 2.71. The van der Waals surface area contributed by atoms with Gasteiger partial charge in [-0.3, -0.25) is 4.79 Å². The maximum Gasteiger partial charge on any atom is 0.223 e. The molecule has 2 heterocycles. The number of hydrogen-bond donors (Lipinski definition) is 1. The van der Waals surface area contributed by atoms with Gasteiger partial charge >= 0.3 is 0 Å². The summed E-state index contributed by atoms with van der Waals surface area (Å²) in [6.45, 7) is 8.17. The second kappa shape index (κ2) is 5.19. The van der Waals surface area contributed by atoms with Crippen LogP contribution in [0, 0.1) is 11.3 Å². The zero-order valence-corrected chi connectivity index (χ0v) is 12.2. The highest BCUT2D eigenvalue weighted by Gasteiger charge is 2.36. The van der Waals surface area contributed by atoms with Gasteiger partial charge in [0.15, 0.2) is 0 Å². The lowest BCUT2D eigenvalue weighted by molar-refractivity contribution is -0.128. The molecule has 1 unspecified atom stereocenters. The predicted molar refractivity (Wildman–Crippen MR) is 76.8 cm³/mol. The minimum absolute atomic E-state index is 0.193. The Morgan fingerprint density at radius 2 is 2.21 bits per heavy atom. The molecule has 1 amide bonds. The summed E-state index contributed by atoms with van der Waals surface area (Å²) in [6, 6.07) is 3.97. The fourth-order valence-electron chi connectivity index (χ4n) is 2.43. The summed E-state index contributed by atoms with van der Waals surface area (Å²) in [5, 5.41) is 3.02. The quantitative estimate of drug-likeness (QED) is 0.909. The van der Waals surface area contributed by atoms with Crippen LogP contribution in [0.15, 0.2) is 18.3 Å². The Labute approximate surface area is 115 Å². The molecule has 2 rings (SSSR count). The van der Waals surface area contributed by atoms with Crippen molar-refractivity contribution in [3.63, 3.8) is 0 Å². The highest BCUT2D eigenvalue weighted by atomic mass is 16.2. The van der Waals surface area contributed by atoms with Gasteiger partial charge in [0.2, 0.25) is 5.91 Å². The summed E-state index contributed by atoms with van der Waals surface area (Å²) in [4.78, 5) is 18.2. The van der Waals surface area contributed by atoms with Gasteiger partial charge in [-0.1, -0.05) is 20.8 Å². The molecule has 1 N–H and O–H groups in total. The van der Waals surface area contributed by atoms with Crippen LogP contribution in [-0.2, 0) is 11.3 Å². The van der Waals surface area contributed by atoms with E-state index >= 15 is 0 Å². The van der Waals surface area contributed by atoms with E-state index in [1.165, 1.54) is 0 Å². The fraction of sp³-hybridized carbons (Fsp3) is 0.600. The molecule has 0 radical (unpaired) electrons. The molecule has 1 saturated heterocycles. The summed E-state index contributed by atoms with van der Waals surface area (Å²) < 4.78 is 0. The standard InChI is InChI=1S/C15H23N3O/c1-15(2,3)12-8-14(19)18(10-12)9-11-5-6-17-13(7-11)16-4/h5-7,12H,8-10H2,1-4H3,(H,16,17). The minimum Gasteiger partial charge on any atom is -0.373 e. The number of hydrogen-bond acceptors (Lipinski definition) is 3. The van der Waals surface area contributed by atoms with Crippen LogP contribution in [0.5, 0.6) is 0 Å². The highest BCUT2D eigenvalue weighted by molar-refractivity contribution is 5.78. The molecule has 4 heteroatoms. The van der Waals surface area contributed by atoms with E-state index in [0.717, 1.165) is 17.9 Å². The van der Waals surface area contributed by atoms with Crippen LogP contribution >= 0.6 is 0 Å². The molecule has 1 aromatic rings. The van der Waals surface area contributed by atoms with Gasteiger partial charge in [-0.15, -0.1) is 0 Å². The van der Waals surface area contributed by atoms with E-state index in [0.29, 0.717) is 18.9 Å². The number of carbonyl (C=O) groups is 1. The van der Waals surface area contributed by atoms with Crippen LogP contribution in [0.1, 0.15) is 32.8 Å². The van der Waals surface area contributed by atoms with Gasteiger partial charge in [0.05, 0.1) is 0 Å². The van der Waals surface area contributed by atoms with Crippen molar-refractivity contribution in [3.8, 4) is 0 Å². The molecule has 0 spiro atoms. The molecule has 4 nitrogen and oxygen atoms in total. The average molecular weight is 261 g/mol. The molecule has 0 aromatic carbocycles. The van der Waals surface area contributed by atoms with Gasteiger partial charge in [-0.05, 0) is 29.0 Å². The second-order valence-electron chi connectivity index (χ2n) is 6.34. The monoisotopic (exact) mass is 261 g/mol. The van der Waals surface area contributed by atoms with Crippen molar-refractivity contribution in [2.24, 2.45) is 11.3 Å². The maximum absolute atomic E-state index is 12.1. The first-order chi connectivity index (χ1) is 8.90. The highest BCUT2D eigenvalue weighted by Crippen LogP contribution is 2.34. The molecule has 19 heavy (non-hydrogen) atoms. The lowest BCUT2D eigenvalue weighted by atomic mass is 9.80. The maximum atomic E-state index is 12.1.